The number of aliphatic imine (C=N–C) groups is 1. The van der Waals surface area contributed by atoms with Crippen molar-refractivity contribution in [2.24, 2.45) is 4.99 Å². The molecule has 0 aliphatic rings. The van der Waals surface area contributed by atoms with Crippen molar-refractivity contribution in [3.8, 4) is 22.6 Å². The first kappa shape index (κ1) is 29.0. The fourth-order valence-electron chi connectivity index (χ4n) is 5.26. The van der Waals surface area contributed by atoms with Crippen molar-refractivity contribution < 1.29 is 0 Å². The zero-order valence-electron chi connectivity index (χ0n) is 25.4. The van der Waals surface area contributed by atoms with Gasteiger partial charge in [-0.3, -0.25) is 15.1 Å². The number of benzene rings is 2. The van der Waals surface area contributed by atoms with Crippen LogP contribution in [0.5, 0.6) is 0 Å². The van der Waals surface area contributed by atoms with Crippen LogP contribution in [0.25, 0.3) is 39.1 Å². The first-order valence-corrected chi connectivity index (χ1v) is 15.4. The highest BCUT2D eigenvalue weighted by atomic mass is 32.1. The largest absolute Gasteiger partial charge is 0.358 e. The van der Waals surface area contributed by atoms with Crippen LogP contribution in [0.3, 0.4) is 0 Å². The number of anilines is 1. The molecule has 0 amide bonds. The highest BCUT2D eigenvalue weighted by molar-refractivity contribution is 7.15. The molecule has 0 fully saturated rings. The Morgan fingerprint density at radius 2 is 1.77 bits per heavy atom. The molecule has 8 heteroatoms. The predicted octanol–water partition coefficient (Wildman–Crippen LogP) is 8.87. The molecule has 0 unspecified atom stereocenters. The van der Waals surface area contributed by atoms with Crippen molar-refractivity contribution in [1.82, 2.24) is 25.1 Å². The summed E-state index contributed by atoms with van der Waals surface area (Å²) < 4.78 is 0. The lowest BCUT2D eigenvalue weighted by atomic mass is 10.0. The number of fused-ring (bicyclic) bond motifs is 1. The van der Waals surface area contributed by atoms with E-state index in [9.17, 15) is 0 Å². The van der Waals surface area contributed by atoms with Gasteiger partial charge in [-0.2, -0.15) is 5.10 Å². The second-order valence-electron chi connectivity index (χ2n) is 11.2. The van der Waals surface area contributed by atoms with Gasteiger partial charge >= 0.3 is 0 Å². The number of aromatic amines is 2. The van der Waals surface area contributed by atoms with Crippen LogP contribution in [0.2, 0.25) is 0 Å². The monoisotopic (exact) mass is 597 g/mol. The van der Waals surface area contributed by atoms with E-state index in [0.29, 0.717) is 5.82 Å². The first-order valence-electron chi connectivity index (χ1n) is 14.6. The van der Waals surface area contributed by atoms with Gasteiger partial charge in [0.15, 0.2) is 5.82 Å². The average molecular weight is 598 g/mol. The molecule has 6 rings (SSSR count). The maximum atomic E-state index is 5.09. The molecule has 7 nitrogen and oxygen atoms in total. The summed E-state index contributed by atoms with van der Waals surface area (Å²) in [4.78, 5) is 20.1. The molecule has 0 saturated carbocycles. The molecular formula is C36H35N7S. The first-order chi connectivity index (χ1) is 21.3. The lowest BCUT2D eigenvalue weighted by Crippen LogP contribution is -2.06. The number of rotatable bonds is 10. The lowest BCUT2D eigenvalue weighted by Gasteiger charge is -2.11. The summed E-state index contributed by atoms with van der Waals surface area (Å²) in [7, 11) is 1.82. The Morgan fingerprint density at radius 3 is 2.50 bits per heavy atom. The van der Waals surface area contributed by atoms with Crippen LogP contribution in [-0.2, 0) is 6.42 Å². The van der Waals surface area contributed by atoms with E-state index in [1.807, 2.05) is 50.6 Å². The van der Waals surface area contributed by atoms with Crippen molar-refractivity contribution in [3.63, 3.8) is 0 Å². The van der Waals surface area contributed by atoms with E-state index >= 15 is 0 Å². The lowest BCUT2D eigenvalue weighted by molar-refractivity contribution is 0.830. The fraction of sp³-hybridized carbons (Fsp3) is 0.167. The van der Waals surface area contributed by atoms with E-state index in [0.717, 1.165) is 78.0 Å². The van der Waals surface area contributed by atoms with Gasteiger partial charge in [0.2, 0.25) is 0 Å². The highest BCUT2D eigenvalue weighted by Crippen LogP contribution is 2.33. The molecule has 0 spiro atoms. The normalized spacial score (nSPS) is 11.8. The van der Waals surface area contributed by atoms with Crippen LogP contribution in [0.4, 0.5) is 5.69 Å². The van der Waals surface area contributed by atoms with Crippen molar-refractivity contribution in [2.75, 3.05) is 12.4 Å². The summed E-state index contributed by atoms with van der Waals surface area (Å²) in [5.74, 6) is 0.915. The molecule has 0 aliphatic carbocycles. The van der Waals surface area contributed by atoms with Gasteiger partial charge in [-0.1, -0.05) is 63.4 Å². The van der Waals surface area contributed by atoms with Gasteiger partial charge in [0.05, 0.1) is 22.3 Å². The van der Waals surface area contributed by atoms with Crippen LogP contribution < -0.4 is 5.32 Å². The van der Waals surface area contributed by atoms with Gasteiger partial charge in [-0.15, -0.1) is 11.3 Å². The van der Waals surface area contributed by atoms with Crippen LogP contribution in [-0.4, -0.2) is 37.9 Å². The third-order valence-corrected chi connectivity index (χ3v) is 8.71. The number of hydrogen-bond donors (Lipinski definition) is 3. The third-order valence-electron chi connectivity index (χ3n) is 7.46. The average Bonchev–Trinajstić information content (AvgIpc) is 3.77. The molecular weight excluding hydrogens is 563 g/mol. The number of hydrogen-bond acceptors (Lipinski definition) is 6. The number of nitrogens with one attached hydrogen (secondary N) is 3. The summed E-state index contributed by atoms with van der Waals surface area (Å²) in [6, 6.07) is 22.8. The van der Waals surface area contributed by atoms with Gasteiger partial charge in [0.1, 0.15) is 17.1 Å². The molecule has 0 atom stereocenters. The van der Waals surface area contributed by atoms with Crippen LogP contribution in [0.1, 0.15) is 53.4 Å². The summed E-state index contributed by atoms with van der Waals surface area (Å²) >= 11 is 1.68. The quantitative estimate of drug-likeness (QED) is 0.137. The number of aromatic nitrogens is 5. The zero-order valence-corrected chi connectivity index (χ0v) is 26.2. The molecule has 2 aromatic carbocycles. The SMILES string of the molecule is C=C(Cc1ccccc1)Nc1cncc(-c2ccc3[nH]nc(-c4nc(C(=NC)c5ccc(C(=C)C)s5)c(C(C)C)[nH]4)c3c2)c1. The molecule has 0 saturated heterocycles. The van der Waals surface area contributed by atoms with E-state index in [4.69, 9.17) is 4.98 Å². The van der Waals surface area contributed by atoms with Crippen LogP contribution >= 0.6 is 11.3 Å². The Labute approximate surface area is 261 Å². The summed E-state index contributed by atoms with van der Waals surface area (Å²) in [5.41, 5.74) is 10.5. The number of pyridine rings is 1. The van der Waals surface area contributed by atoms with Crippen molar-refractivity contribution in [1.29, 1.82) is 0 Å². The second kappa shape index (κ2) is 12.3. The minimum Gasteiger partial charge on any atom is -0.358 e. The van der Waals surface area contributed by atoms with Gasteiger partial charge in [-0.25, -0.2) is 4.98 Å². The third kappa shape index (κ3) is 5.89. The fourth-order valence-corrected chi connectivity index (χ4v) is 6.22. The van der Waals surface area contributed by atoms with Gasteiger partial charge < -0.3 is 10.3 Å². The molecule has 3 N–H and O–H groups in total. The molecule has 4 heterocycles. The number of imidazole rings is 1. The predicted molar refractivity (Wildman–Crippen MR) is 184 cm³/mol. The number of allylic oxidation sites excluding steroid dienone is 2. The molecule has 220 valence electrons. The molecule has 0 aliphatic heterocycles. The topological polar surface area (TPSA) is 94.6 Å². The molecule has 0 radical (unpaired) electrons. The summed E-state index contributed by atoms with van der Waals surface area (Å²) in [6.45, 7) is 14.7. The summed E-state index contributed by atoms with van der Waals surface area (Å²) in [5, 5.41) is 12.3. The minimum atomic E-state index is 0.210. The maximum Gasteiger partial charge on any atom is 0.159 e. The Morgan fingerprint density at radius 1 is 0.977 bits per heavy atom. The van der Waals surface area contributed by atoms with E-state index < -0.39 is 0 Å². The Kier molecular flexibility index (Phi) is 8.09. The van der Waals surface area contributed by atoms with E-state index in [1.165, 1.54) is 5.56 Å². The van der Waals surface area contributed by atoms with Gasteiger partial charge in [0, 0.05) is 46.9 Å². The van der Waals surface area contributed by atoms with Crippen molar-refractivity contribution >= 4 is 39.2 Å². The molecule has 4 aromatic heterocycles. The Bertz CT molecular complexity index is 2010. The number of nitrogens with zero attached hydrogens (tertiary/aromatic N) is 4. The van der Waals surface area contributed by atoms with Crippen LogP contribution in [0, 0.1) is 0 Å². The van der Waals surface area contributed by atoms with E-state index in [1.54, 1.807) is 11.3 Å². The van der Waals surface area contributed by atoms with Crippen molar-refractivity contribution in [3.05, 3.63) is 125 Å². The zero-order chi connectivity index (χ0) is 30.8. The summed E-state index contributed by atoms with van der Waals surface area (Å²) in [6.07, 6.45) is 4.43. The minimum absolute atomic E-state index is 0.210. The molecule has 44 heavy (non-hydrogen) atoms. The Balaban J connectivity index is 1.32. The number of H-pyrrole nitrogens is 2. The maximum absolute atomic E-state index is 5.09. The number of thiophene rings is 1. The van der Waals surface area contributed by atoms with E-state index in [2.05, 4.69) is 99.9 Å². The van der Waals surface area contributed by atoms with Gasteiger partial charge in [0.25, 0.3) is 0 Å². The second-order valence-corrected chi connectivity index (χ2v) is 12.3. The van der Waals surface area contributed by atoms with Gasteiger partial charge in [-0.05, 0) is 59.9 Å². The highest BCUT2D eigenvalue weighted by Gasteiger charge is 2.23. The van der Waals surface area contributed by atoms with Crippen LogP contribution in [0.15, 0.2) is 103 Å². The van der Waals surface area contributed by atoms with Crippen molar-refractivity contribution in [2.45, 2.75) is 33.1 Å². The molecule has 6 aromatic rings. The Hall–Kier alpha value is -5.08. The standard InChI is InChI=1S/C36H35N7S/c1-21(2)30-14-15-31(44-30)34(37-6)35-32(22(3)4)40-36(41-35)33-28-18-25(12-13-29(28)42-43-33)26-17-27(20-38-19-26)39-23(5)16-24-10-8-7-9-11-24/h7-15,17-20,22,39H,1,5,16H2,2-4,6H3,(H,40,41)(H,42,43). The smallest absolute Gasteiger partial charge is 0.159 e. The molecule has 0 bridgehead atoms. The van der Waals surface area contributed by atoms with E-state index in [-0.39, 0.29) is 5.92 Å².